The van der Waals surface area contributed by atoms with Crippen molar-refractivity contribution in [2.24, 2.45) is 0 Å². The zero-order valence-electron chi connectivity index (χ0n) is 21.7. The number of hydrogen-bond acceptors (Lipinski definition) is 14. The van der Waals surface area contributed by atoms with Crippen LogP contribution in [0.2, 0.25) is 0 Å². The van der Waals surface area contributed by atoms with E-state index in [2.05, 4.69) is 19.9 Å². The Balaban J connectivity index is 1.20. The number of H-pyrrole nitrogens is 1. The van der Waals surface area contributed by atoms with Crippen molar-refractivity contribution in [1.82, 2.24) is 29.1 Å². The van der Waals surface area contributed by atoms with E-state index in [0.29, 0.717) is 11.0 Å². The first kappa shape index (κ1) is 28.8. The Hall–Kier alpha value is -2.90. The summed E-state index contributed by atoms with van der Waals surface area (Å²) in [6.45, 7) is -1.52. The molecule has 2 bridgehead atoms. The summed E-state index contributed by atoms with van der Waals surface area (Å²) in [4.78, 5) is 48.0. The number of rotatable bonds is 2. The fourth-order valence-corrected chi connectivity index (χ4v) is 7.24. The maximum absolute atomic E-state index is 13.1. The lowest BCUT2D eigenvalue weighted by Gasteiger charge is -2.25. The summed E-state index contributed by atoms with van der Waals surface area (Å²) >= 11 is 0. The van der Waals surface area contributed by atoms with Crippen molar-refractivity contribution >= 4 is 37.8 Å². The Kier molecular flexibility index (Phi) is 7.13. The third-order valence-electron chi connectivity index (χ3n) is 7.33. The molecule has 3 fully saturated rings. The number of hydrogen-bond donors (Lipinski definition) is 5. The standard InChI is InChI=1S/C22H24N6O13P2/c29-15-12-5-36-42(32,33)40-17-13(39-21(16(17)30)27-8-25-10-3-1-2-4-11(10)27)6-37-43(34,35)41-18(15)22(38-12)28-9-26-14-19(28)23-7-24-20(14)31/h1-4,7-9,12-13,15-18,21-22,29-30H,5-6H2,(H,32,33)(H,34,35)(H,23,24,31)/t12-,13-,15?,16?,17+,18+,21-,22-/m1/s1. The molecule has 7 rings (SSSR count). The van der Waals surface area contributed by atoms with Gasteiger partial charge in [0.05, 0.1) is 43.2 Å². The number of nitrogens with one attached hydrogen (secondary N) is 1. The van der Waals surface area contributed by atoms with Crippen molar-refractivity contribution in [1.29, 1.82) is 0 Å². The van der Waals surface area contributed by atoms with E-state index < -0.39 is 83.5 Å². The van der Waals surface area contributed by atoms with Crippen LogP contribution in [0.3, 0.4) is 0 Å². The van der Waals surface area contributed by atoms with Gasteiger partial charge in [0.1, 0.15) is 36.6 Å². The van der Waals surface area contributed by atoms with Crippen molar-refractivity contribution in [3.8, 4) is 0 Å². The average molecular weight is 642 g/mol. The molecule has 1 aromatic carbocycles. The molecular weight excluding hydrogens is 618 g/mol. The van der Waals surface area contributed by atoms with Crippen molar-refractivity contribution in [2.75, 3.05) is 13.2 Å². The predicted octanol–water partition coefficient (Wildman–Crippen LogP) is -0.296. The Bertz CT molecular complexity index is 1830. The van der Waals surface area contributed by atoms with Gasteiger partial charge in [-0.1, -0.05) is 12.1 Å². The highest BCUT2D eigenvalue weighted by molar-refractivity contribution is 7.47. The van der Waals surface area contributed by atoms with Crippen molar-refractivity contribution in [3.05, 3.63) is 53.6 Å². The van der Waals surface area contributed by atoms with Crippen LogP contribution in [-0.4, -0.2) is 98.9 Å². The first-order chi connectivity index (χ1) is 20.5. The summed E-state index contributed by atoms with van der Waals surface area (Å²) in [7, 11) is -10.0. The lowest BCUT2D eigenvalue weighted by atomic mass is 10.1. The molecular formula is C22H24N6O13P2. The van der Waals surface area contributed by atoms with Crippen LogP contribution in [0.15, 0.2) is 48.0 Å². The maximum Gasteiger partial charge on any atom is 0.472 e. The normalized spacial score (nSPS) is 38.9. The van der Waals surface area contributed by atoms with Crippen LogP contribution in [-0.2, 0) is 36.7 Å². The van der Waals surface area contributed by atoms with Crippen molar-refractivity contribution in [2.45, 2.75) is 49.1 Å². The van der Waals surface area contributed by atoms with E-state index >= 15 is 0 Å². The first-order valence-electron chi connectivity index (χ1n) is 12.8. The van der Waals surface area contributed by atoms with Gasteiger partial charge in [-0.3, -0.25) is 27.5 Å². The summed E-state index contributed by atoms with van der Waals surface area (Å²) in [6, 6.07) is 6.95. The van der Waals surface area contributed by atoms with E-state index in [1.165, 1.54) is 15.5 Å². The molecule has 10 atom stereocenters. The fourth-order valence-electron chi connectivity index (χ4n) is 5.34. The lowest BCUT2D eigenvalue weighted by Crippen LogP contribution is -2.36. The Morgan fingerprint density at radius 2 is 1.51 bits per heavy atom. The molecule has 0 amide bonds. The molecule has 0 aliphatic carbocycles. The molecule has 3 aliphatic rings. The van der Waals surface area contributed by atoms with E-state index in [9.17, 15) is 33.9 Å². The van der Waals surface area contributed by atoms with Gasteiger partial charge < -0.3 is 39.0 Å². The average Bonchev–Trinajstić information content (AvgIpc) is 3.72. The van der Waals surface area contributed by atoms with Gasteiger partial charge in [0.15, 0.2) is 23.6 Å². The van der Waals surface area contributed by atoms with E-state index in [-0.39, 0.29) is 11.2 Å². The van der Waals surface area contributed by atoms with E-state index in [4.69, 9.17) is 27.6 Å². The molecule has 3 saturated heterocycles. The number of aromatic nitrogens is 6. The lowest BCUT2D eigenvalue weighted by molar-refractivity contribution is -0.0671. The molecule has 3 aliphatic heterocycles. The maximum atomic E-state index is 13.1. The second-order valence-electron chi connectivity index (χ2n) is 9.98. The third kappa shape index (κ3) is 5.16. The van der Waals surface area contributed by atoms with E-state index in [0.717, 1.165) is 12.7 Å². The Morgan fingerprint density at radius 1 is 0.837 bits per heavy atom. The van der Waals surface area contributed by atoms with Gasteiger partial charge in [-0.2, -0.15) is 0 Å². The summed E-state index contributed by atoms with van der Waals surface area (Å²) < 4.78 is 61.4. The highest BCUT2D eigenvalue weighted by atomic mass is 31.2. The van der Waals surface area contributed by atoms with Gasteiger partial charge in [0, 0.05) is 0 Å². The minimum absolute atomic E-state index is 0.00339. The summed E-state index contributed by atoms with van der Waals surface area (Å²) in [5.41, 5.74) is 0.477. The molecule has 0 spiro atoms. The SMILES string of the molecule is O=c1[nH]cnc2c1ncn2[C@@H]1O[C@@H]2COP(=O)(O)O[C@@H]3C(O)[C@H](n4cnc5ccccc54)O[C@@H]3COP(=O)(O)O[C@H]1C2O. The molecule has 5 N–H and O–H groups in total. The number of nitrogens with zero attached hydrogens (tertiary/aromatic N) is 5. The van der Waals surface area contributed by atoms with Gasteiger partial charge in [-0.15, -0.1) is 0 Å². The van der Waals surface area contributed by atoms with Crippen molar-refractivity contribution < 1.29 is 56.7 Å². The summed E-state index contributed by atoms with van der Waals surface area (Å²) in [5.74, 6) is 0. The largest absolute Gasteiger partial charge is 0.472 e. The van der Waals surface area contributed by atoms with Crippen LogP contribution >= 0.6 is 15.6 Å². The molecule has 6 heterocycles. The third-order valence-corrected chi connectivity index (χ3v) is 9.30. The molecule has 4 unspecified atom stereocenters. The second-order valence-corrected chi connectivity index (χ2v) is 12.8. The van der Waals surface area contributed by atoms with Gasteiger partial charge in [0.25, 0.3) is 5.56 Å². The van der Waals surface area contributed by atoms with E-state index in [1.807, 2.05) is 0 Å². The minimum atomic E-state index is -5.04. The summed E-state index contributed by atoms with van der Waals surface area (Å²) in [6.07, 6.45) is -8.29. The van der Waals surface area contributed by atoms with Crippen LogP contribution in [0.25, 0.3) is 22.2 Å². The molecule has 19 nitrogen and oxygen atoms in total. The fraction of sp³-hybridized carbons (Fsp3) is 0.455. The highest BCUT2D eigenvalue weighted by Gasteiger charge is 2.53. The number of phosphoric acid groups is 2. The number of benzene rings is 1. The van der Waals surface area contributed by atoms with Crippen LogP contribution in [0.1, 0.15) is 12.5 Å². The number of imidazole rings is 2. The van der Waals surface area contributed by atoms with Gasteiger partial charge >= 0.3 is 15.6 Å². The Morgan fingerprint density at radius 3 is 2.30 bits per heavy atom. The van der Waals surface area contributed by atoms with Crippen molar-refractivity contribution in [3.63, 3.8) is 0 Å². The minimum Gasteiger partial charge on any atom is -0.387 e. The number of phosphoric ester groups is 2. The highest BCUT2D eigenvalue weighted by Crippen LogP contribution is 2.53. The predicted molar refractivity (Wildman–Crippen MR) is 139 cm³/mol. The Labute approximate surface area is 239 Å². The number of aliphatic hydroxyl groups excluding tert-OH is 2. The zero-order valence-corrected chi connectivity index (χ0v) is 23.5. The number of para-hydroxylation sites is 2. The van der Waals surface area contributed by atoms with Gasteiger partial charge in [-0.25, -0.2) is 24.1 Å². The molecule has 4 aromatic rings. The molecule has 0 radical (unpaired) electrons. The van der Waals surface area contributed by atoms with Gasteiger partial charge in [-0.05, 0) is 12.1 Å². The van der Waals surface area contributed by atoms with Gasteiger partial charge in [0.2, 0.25) is 0 Å². The van der Waals surface area contributed by atoms with Crippen LogP contribution in [0.4, 0.5) is 0 Å². The molecule has 43 heavy (non-hydrogen) atoms. The quantitative estimate of drug-likeness (QED) is 0.176. The molecule has 3 aromatic heterocycles. The van der Waals surface area contributed by atoms with E-state index in [1.54, 1.807) is 24.3 Å². The zero-order chi connectivity index (χ0) is 30.1. The van der Waals surface area contributed by atoms with Crippen LogP contribution in [0.5, 0.6) is 0 Å². The van der Waals surface area contributed by atoms with Crippen LogP contribution in [0, 0.1) is 0 Å². The number of fused-ring (bicyclic) bond motifs is 5. The number of aliphatic hydroxyl groups is 2. The molecule has 230 valence electrons. The smallest absolute Gasteiger partial charge is 0.387 e. The number of ether oxygens (including phenoxy) is 2. The topological polar surface area (TPSA) is 252 Å². The van der Waals surface area contributed by atoms with Crippen LogP contribution < -0.4 is 5.56 Å². The number of aromatic amines is 1. The monoisotopic (exact) mass is 642 g/mol. The second kappa shape index (κ2) is 10.6. The molecule has 0 saturated carbocycles. The molecule has 21 heteroatoms. The summed E-state index contributed by atoms with van der Waals surface area (Å²) in [5, 5.41) is 22.1. The first-order valence-corrected chi connectivity index (χ1v) is 15.8.